The summed E-state index contributed by atoms with van der Waals surface area (Å²) in [6.45, 7) is 0. The summed E-state index contributed by atoms with van der Waals surface area (Å²) in [4.78, 5) is 0. The molecule has 0 fully saturated rings. The van der Waals surface area contributed by atoms with Crippen molar-refractivity contribution in [2.75, 3.05) is 0 Å². The van der Waals surface area contributed by atoms with E-state index in [2.05, 4.69) is 4.65 Å². The van der Waals surface area contributed by atoms with Crippen LogP contribution in [0.5, 0.6) is 11.5 Å². The quantitative estimate of drug-likeness (QED) is 0.618. The number of aromatic hydroxyl groups is 1. The Morgan fingerprint density at radius 2 is 2.00 bits per heavy atom. The zero-order chi connectivity index (χ0) is 10.0. The van der Waals surface area contributed by atoms with Gasteiger partial charge in [0, 0.05) is 11.1 Å². The van der Waals surface area contributed by atoms with Crippen LogP contribution in [0.3, 0.4) is 0 Å². The van der Waals surface area contributed by atoms with Crippen LogP contribution >= 0.6 is 11.6 Å². The molecule has 0 aliphatic heterocycles. The highest BCUT2D eigenvalue weighted by Gasteiger charge is 2.18. The minimum absolute atomic E-state index is 0.0187. The van der Waals surface area contributed by atoms with Gasteiger partial charge in [0.05, 0.1) is 0 Å². The summed E-state index contributed by atoms with van der Waals surface area (Å²) in [5, 5.41) is 25.7. The third-order valence-corrected chi connectivity index (χ3v) is 1.43. The molecule has 13 heavy (non-hydrogen) atoms. The molecule has 7 heteroatoms. The summed E-state index contributed by atoms with van der Waals surface area (Å²) in [6, 6.07) is 1.89. The third-order valence-electron chi connectivity index (χ3n) is 1.21. The van der Waals surface area contributed by atoms with Gasteiger partial charge in [0.1, 0.15) is 0 Å². The molecule has 0 atom stereocenters. The average Bonchev–Trinajstić information content (AvgIpc) is 1.96. The molecule has 0 unspecified atom stereocenters. The number of halogens is 2. The number of rotatable bonds is 2. The molecule has 1 aromatic rings. The van der Waals surface area contributed by atoms with E-state index in [4.69, 9.17) is 26.8 Å². The van der Waals surface area contributed by atoms with E-state index in [1.807, 2.05) is 0 Å². The van der Waals surface area contributed by atoms with Crippen molar-refractivity contribution in [2.24, 2.45) is 0 Å². The van der Waals surface area contributed by atoms with Gasteiger partial charge in [-0.3, -0.25) is 0 Å². The Balaban J connectivity index is 3.06. The van der Waals surface area contributed by atoms with Crippen LogP contribution in [0.1, 0.15) is 0 Å². The lowest BCUT2D eigenvalue weighted by Crippen LogP contribution is -2.21. The molecule has 1 aromatic carbocycles. The van der Waals surface area contributed by atoms with E-state index in [1.54, 1.807) is 0 Å². The Labute approximate surface area is 78.3 Å². The fourth-order valence-corrected chi connectivity index (χ4v) is 0.968. The number of hydrogen-bond donors (Lipinski definition) is 3. The van der Waals surface area contributed by atoms with E-state index in [1.165, 1.54) is 0 Å². The predicted molar refractivity (Wildman–Crippen MR) is 43.9 cm³/mol. The molecule has 0 radical (unpaired) electrons. The van der Waals surface area contributed by atoms with Crippen molar-refractivity contribution < 1.29 is 24.2 Å². The molecule has 0 spiro atoms. The Bertz CT molecular complexity index is 296. The number of phenolic OH excluding ortho intramolecular Hbond substituents is 1. The summed E-state index contributed by atoms with van der Waals surface area (Å²) in [7, 11) is -2.19. The van der Waals surface area contributed by atoms with Crippen molar-refractivity contribution in [3.63, 3.8) is 0 Å². The third kappa shape index (κ3) is 2.48. The maximum Gasteiger partial charge on any atom is 0.707 e. The molecule has 4 nitrogen and oxygen atoms in total. The Morgan fingerprint density at radius 1 is 1.38 bits per heavy atom. The summed E-state index contributed by atoms with van der Waals surface area (Å²) < 4.78 is 17.0. The lowest BCUT2D eigenvalue weighted by atomic mass is 10.2. The topological polar surface area (TPSA) is 69.9 Å². The highest BCUT2D eigenvalue weighted by molar-refractivity contribution is 6.34. The monoisotopic (exact) mass is 206 g/mol. The van der Waals surface area contributed by atoms with Crippen molar-refractivity contribution in [2.45, 2.75) is 0 Å². The number of hydrogen-bond acceptors (Lipinski definition) is 4. The van der Waals surface area contributed by atoms with E-state index in [9.17, 15) is 4.39 Å². The van der Waals surface area contributed by atoms with Crippen LogP contribution < -0.4 is 4.65 Å². The molecule has 0 aromatic heterocycles. The molecule has 0 amide bonds. The molecule has 0 aliphatic carbocycles. The zero-order valence-corrected chi connectivity index (χ0v) is 6.99. The SMILES string of the molecule is OB(O)Oc1c(O)cc(Cl)cc1F. The molecule has 1 rings (SSSR count). The first-order valence-corrected chi connectivity index (χ1v) is 3.59. The first kappa shape index (κ1) is 10.1. The minimum Gasteiger partial charge on any atom is -0.507 e. The van der Waals surface area contributed by atoms with Crippen LogP contribution in [-0.2, 0) is 0 Å². The van der Waals surface area contributed by atoms with Crippen LogP contribution in [0.2, 0.25) is 5.02 Å². The summed E-state index contributed by atoms with van der Waals surface area (Å²) in [5.41, 5.74) is 0. The molecular weight excluding hydrogens is 201 g/mol. The van der Waals surface area contributed by atoms with Gasteiger partial charge in [-0.2, -0.15) is 0 Å². The fourth-order valence-electron chi connectivity index (χ4n) is 0.769. The van der Waals surface area contributed by atoms with E-state index in [0.29, 0.717) is 0 Å². The van der Waals surface area contributed by atoms with Gasteiger partial charge in [0.25, 0.3) is 0 Å². The average molecular weight is 206 g/mol. The Morgan fingerprint density at radius 3 is 2.46 bits per heavy atom. The highest BCUT2D eigenvalue weighted by atomic mass is 35.5. The summed E-state index contributed by atoms with van der Waals surface area (Å²) >= 11 is 5.38. The second-order valence-corrected chi connectivity index (χ2v) is 2.62. The van der Waals surface area contributed by atoms with Crippen LogP contribution in [0.4, 0.5) is 4.39 Å². The standard InChI is InChI=1S/C6H5BClFO4/c8-3-1-4(9)6(5(10)2-3)13-7(11)12/h1-2,10-12H. The van der Waals surface area contributed by atoms with Gasteiger partial charge in [-0.15, -0.1) is 0 Å². The van der Waals surface area contributed by atoms with Gasteiger partial charge in [0.15, 0.2) is 17.3 Å². The normalized spacial score (nSPS) is 9.85. The maximum absolute atomic E-state index is 12.9. The van der Waals surface area contributed by atoms with E-state index in [0.717, 1.165) is 12.1 Å². The molecule has 70 valence electrons. The lowest BCUT2D eigenvalue weighted by molar-refractivity contribution is 0.274. The van der Waals surface area contributed by atoms with Crippen molar-refractivity contribution in [3.05, 3.63) is 23.0 Å². The second kappa shape index (κ2) is 3.82. The smallest absolute Gasteiger partial charge is 0.507 e. The van der Waals surface area contributed by atoms with Crippen molar-refractivity contribution in [1.82, 2.24) is 0 Å². The van der Waals surface area contributed by atoms with E-state index < -0.39 is 24.6 Å². The van der Waals surface area contributed by atoms with Gasteiger partial charge >= 0.3 is 7.32 Å². The van der Waals surface area contributed by atoms with E-state index >= 15 is 0 Å². The predicted octanol–water partition coefficient (Wildman–Crippen LogP) is 0.533. The maximum atomic E-state index is 12.9. The molecular formula is C6H5BClFO4. The van der Waals surface area contributed by atoms with Gasteiger partial charge in [-0.25, -0.2) is 4.39 Å². The van der Waals surface area contributed by atoms with Crippen molar-refractivity contribution in [3.8, 4) is 11.5 Å². The largest absolute Gasteiger partial charge is 0.707 e. The molecule has 0 bridgehead atoms. The lowest BCUT2D eigenvalue weighted by Gasteiger charge is -2.07. The molecule has 3 N–H and O–H groups in total. The van der Waals surface area contributed by atoms with Crippen LogP contribution in [0, 0.1) is 5.82 Å². The first-order valence-electron chi connectivity index (χ1n) is 3.21. The van der Waals surface area contributed by atoms with Crippen LogP contribution in [-0.4, -0.2) is 22.5 Å². The van der Waals surface area contributed by atoms with Gasteiger partial charge in [0.2, 0.25) is 0 Å². The Kier molecular flexibility index (Phi) is 2.97. The second-order valence-electron chi connectivity index (χ2n) is 2.18. The van der Waals surface area contributed by atoms with Gasteiger partial charge < -0.3 is 19.8 Å². The summed E-state index contributed by atoms with van der Waals surface area (Å²) in [5.74, 6) is -2.23. The zero-order valence-electron chi connectivity index (χ0n) is 6.24. The molecule has 0 saturated heterocycles. The molecule has 0 aliphatic rings. The molecule has 0 heterocycles. The Hall–Kier alpha value is -0.975. The minimum atomic E-state index is -2.19. The number of benzene rings is 1. The fraction of sp³-hybridized carbons (Fsp3) is 0. The summed E-state index contributed by atoms with van der Waals surface area (Å²) in [6.07, 6.45) is 0. The number of phenols is 1. The van der Waals surface area contributed by atoms with Crippen molar-refractivity contribution >= 4 is 18.9 Å². The van der Waals surface area contributed by atoms with Crippen LogP contribution in [0.25, 0.3) is 0 Å². The molecule has 0 saturated carbocycles. The van der Waals surface area contributed by atoms with E-state index in [-0.39, 0.29) is 5.02 Å². The highest BCUT2D eigenvalue weighted by Crippen LogP contribution is 2.32. The van der Waals surface area contributed by atoms with Crippen LogP contribution in [0.15, 0.2) is 12.1 Å². The van der Waals surface area contributed by atoms with Gasteiger partial charge in [-0.05, 0) is 6.07 Å². The first-order chi connectivity index (χ1) is 6.00. The van der Waals surface area contributed by atoms with Gasteiger partial charge in [-0.1, -0.05) is 11.6 Å². The van der Waals surface area contributed by atoms with Crippen molar-refractivity contribution in [1.29, 1.82) is 0 Å².